The van der Waals surface area contributed by atoms with E-state index in [1.54, 1.807) is 0 Å². The highest BCUT2D eigenvalue weighted by Crippen LogP contribution is 2.21. The molecule has 0 heterocycles. The van der Waals surface area contributed by atoms with Crippen molar-refractivity contribution in [3.8, 4) is 0 Å². The average Bonchev–Trinajstić information content (AvgIpc) is 2.17. The van der Waals surface area contributed by atoms with Gasteiger partial charge in [-0.2, -0.15) is 0 Å². The van der Waals surface area contributed by atoms with Crippen LogP contribution in [0.2, 0.25) is 5.02 Å². The predicted molar refractivity (Wildman–Crippen MR) is 59.5 cm³/mol. The van der Waals surface area contributed by atoms with Gasteiger partial charge in [0.1, 0.15) is 0 Å². The Balaban J connectivity index is 2.90. The SMILES string of the molecule is CCc1cc(Cl)cc(C(N)CCO)c1. The van der Waals surface area contributed by atoms with Gasteiger partial charge in [0, 0.05) is 17.7 Å². The first-order valence-electron chi connectivity index (χ1n) is 4.83. The first kappa shape index (κ1) is 11.5. The minimum Gasteiger partial charge on any atom is -0.396 e. The fourth-order valence-corrected chi connectivity index (χ4v) is 1.67. The number of rotatable bonds is 4. The second-order valence-electron chi connectivity index (χ2n) is 3.37. The smallest absolute Gasteiger partial charge is 0.0449 e. The maximum atomic E-state index is 8.78. The largest absolute Gasteiger partial charge is 0.396 e. The Morgan fingerprint density at radius 2 is 2.14 bits per heavy atom. The molecule has 0 aliphatic heterocycles. The number of aliphatic hydroxyl groups is 1. The summed E-state index contributed by atoms with van der Waals surface area (Å²) in [4.78, 5) is 0. The Morgan fingerprint density at radius 3 is 2.71 bits per heavy atom. The van der Waals surface area contributed by atoms with Gasteiger partial charge in [0.2, 0.25) is 0 Å². The molecule has 0 saturated carbocycles. The normalized spacial score (nSPS) is 12.9. The van der Waals surface area contributed by atoms with Crippen molar-refractivity contribution in [2.45, 2.75) is 25.8 Å². The van der Waals surface area contributed by atoms with Crippen LogP contribution in [0.15, 0.2) is 18.2 Å². The summed E-state index contributed by atoms with van der Waals surface area (Å²) in [5.41, 5.74) is 8.06. The zero-order chi connectivity index (χ0) is 10.6. The van der Waals surface area contributed by atoms with Crippen molar-refractivity contribution in [1.82, 2.24) is 0 Å². The number of aryl methyl sites for hydroxylation is 1. The molecule has 0 radical (unpaired) electrons. The predicted octanol–water partition coefficient (Wildman–Crippen LogP) is 2.28. The highest BCUT2D eigenvalue weighted by Gasteiger charge is 2.06. The van der Waals surface area contributed by atoms with Crippen LogP contribution in [-0.2, 0) is 6.42 Å². The lowest BCUT2D eigenvalue weighted by molar-refractivity contribution is 0.276. The number of hydrogen-bond acceptors (Lipinski definition) is 2. The van der Waals surface area contributed by atoms with Crippen LogP contribution in [0.3, 0.4) is 0 Å². The maximum Gasteiger partial charge on any atom is 0.0449 e. The third-order valence-corrected chi connectivity index (χ3v) is 2.47. The molecule has 1 aromatic carbocycles. The van der Waals surface area contributed by atoms with Gasteiger partial charge in [-0.25, -0.2) is 0 Å². The van der Waals surface area contributed by atoms with Gasteiger partial charge in [0.15, 0.2) is 0 Å². The van der Waals surface area contributed by atoms with Crippen molar-refractivity contribution in [2.24, 2.45) is 5.73 Å². The van der Waals surface area contributed by atoms with Gasteiger partial charge in [0.05, 0.1) is 0 Å². The van der Waals surface area contributed by atoms with Crippen LogP contribution in [0.4, 0.5) is 0 Å². The van der Waals surface area contributed by atoms with E-state index in [0.29, 0.717) is 11.4 Å². The lowest BCUT2D eigenvalue weighted by Gasteiger charge is -2.12. The summed E-state index contributed by atoms with van der Waals surface area (Å²) in [6, 6.07) is 5.73. The van der Waals surface area contributed by atoms with Gasteiger partial charge in [0.25, 0.3) is 0 Å². The summed E-state index contributed by atoms with van der Waals surface area (Å²) in [7, 11) is 0. The molecule has 3 N–H and O–H groups in total. The Labute approximate surface area is 89.7 Å². The van der Waals surface area contributed by atoms with Gasteiger partial charge in [-0.05, 0) is 36.1 Å². The van der Waals surface area contributed by atoms with E-state index < -0.39 is 0 Å². The van der Waals surface area contributed by atoms with Crippen molar-refractivity contribution in [2.75, 3.05) is 6.61 Å². The summed E-state index contributed by atoms with van der Waals surface area (Å²) >= 11 is 5.95. The van der Waals surface area contributed by atoms with Crippen LogP contribution < -0.4 is 5.73 Å². The van der Waals surface area contributed by atoms with Gasteiger partial charge in [-0.1, -0.05) is 24.6 Å². The molecule has 0 aliphatic carbocycles. The summed E-state index contributed by atoms with van der Waals surface area (Å²) in [5.74, 6) is 0. The van der Waals surface area contributed by atoms with Crippen LogP contribution in [-0.4, -0.2) is 11.7 Å². The standard InChI is InChI=1S/C11H16ClNO/c1-2-8-5-9(7-10(12)6-8)11(13)3-4-14/h5-7,11,14H,2-4,13H2,1H3. The molecular weight excluding hydrogens is 198 g/mol. The van der Waals surface area contributed by atoms with Crippen molar-refractivity contribution in [3.05, 3.63) is 34.3 Å². The highest BCUT2D eigenvalue weighted by atomic mass is 35.5. The minimum absolute atomic E-state index is 0.106. The highest BCUT2D eigenvalue weighted by molar-refractivity contribution is 6.30. The van der Waals surface area contributed by atoms with E-state index in [4.69, 9.17) is 22.4 Å². The lowest BCUT2D eigenvalue weighted by atomic mass is 10.0. The zero-order valence-electron chi connectivity index (χ0n) is 8.33. The Kier molecular flexibility index (Phi) is 4.39. The van der Waals surface area contributed by atoms with E-state index in [0.717, 1.165) is 12.0 Å². The van der Waals surface area contributed by atoms with E-state index in [9.17, 15) is 0 Å². The van der Waals surface area contributed by atoms with Crippen molar-refractivity contribution >= 4 is 11.6 Å². The molecule has 2 nitrogen and oxygen atoms in total. The third kappa shape index (κ3) is 2.98. The Bertz CT molecular complexity index is 301. The van der Waals surface area contributed by atoms with Gasteiger partial charge in [-0.3, -0.25) is 0 Å². The molecular formula is C11H16ClNO. The molecule has 14 heavy (non-hydrogen) atoms. The molecule has 1 aromatic rings. The van der Waals surface area contributed by atoms with Crippen molar-refractivity contribution in [3.63, 3.8) is 0 Å². The van der Waals surface area contributed by atoms with Crippen LogP contribution in [0.5, 0.6) is 0 Å². The quantitative estimate of drug-likeness (QED) is 0.806. The van der Waals surface area contributed by atoms with E-state index in [1.165, 1.54) is 5.56 Å². The fourth-order valence-electron chi connectivity index (χ4n) is 1.40. The molecule has 3 heteroatoms. The molecule has 1 atom stereocenters. The minimum atomic E-state index is -0.121. The Hall–Kier alpha value is -0.570. The van der Waals surface area contributed by atoms with E-state index in [1.807, 2.05) is 18.2 Å². The van der Waals surface area contributed by atoms with Crippen molar-refractivity contribution < 1.29 is 5.11 Å². The first-order valence-corrected chi connectivity index (χ1v) is 5.21. The summed E-state index contributed by atoms with van der Waals surface area (Å²) < 4.78 is 0. The third-order valence-electron chi connectivity index (χ3n) is 2.26. The van der Waals surface area contributed by atoms with E-state index in [-0.39, 0.29) is 12.6 Å². The average molecular weight is 214 g/mol. The van der Waals surface area contributed by atoms with Crippen LogP contribution >= 0.6 is 11.6 Å². The molecule has 1 rings (SSSR count). The van der Waals surface area contributed by atoms with Crippen LogP contribution in [0.25, 0.3) is 0 Å². The number of hydrogen-bond donors (Lipinski definition) is 2. The van der Waals surface area contributed by atoms with Gasteiger partial charge in [-0.15, -0.1) is 0 Å². The molecule has 0 aliphatic rings. The molecule has 0 saturated heterocycles. The van der Waals surface area contributed by atoms with Gasteiger partial charge >= 0.3 is 0 Å². The topological polar surface area (TPSA) is 46.2 Å². The molecule has 1 unspecified atom stereocenters. The molecule has 0 fully saturated rings. The second-order valence-corrected chi connectivity index (χ2v) is 3.80. The lowest BCUT2D eigenvalue weighted by Crippen LogP contribution is -2.12. The molecule has 0 aromatic heterocycles. The molecule has 0 amide bonds. The monoisotopic (exact) mass is 213 g/mol. The number of aliphatic hydroxyl groups excluding tert-OH is 1. The zero-order valence-corrected chi connectivity index (χ0v) is 9.09. The number of nitrogens with two attached hydrogens (primary N) is 1. The summed E-state index contributed by atoms with van der Waals surface area (Å²) in [6.07, 6.45) is 1.52. The molecule has 78 valence electrons. The summed E-state index contributed by atoms with van der Waals surface area (Å²) in [6.45, 7) is 2.18. The molecule has 0 bridgehead atoms. The molecule has 0 spiro atoms. The van der Waals surface area contributed by atoms with Crippen LogP contribution in [0, 0.1) is 0 Å². The fraction of sp³-hybridized carbons (Fsp3) is 0.455. The summed E-state index contributed by atoms with van der Waals surface area (Å²) in [5, 5.41) is 9.50. The Morgan fingerprint density at radius 1 is 1.43 bits per heavy atom. The van der Waals surface area contributed by atoms with Crippen molar-refractivity contribution in [1.29, 1.82) is 0 Å². The van der Waals surface area contributed by atoms with E-state index >= 15 is 0 Å². The maximum absolute atomic E-state index is 8.78. The second kappa shape index (κ2) is 5.35. The number of halogens is 1. The van der Waals surface area contributed by atoms with Gasteiger partial charge < -0.3 is 10.8 Å². The number of benzene rings is 1. The van der Waals surface area contributed by atoms with E-state index in [2.05, 4.69) is 6.92 Å². The first-order chi connectivity index (χ1) is 6.67. The van der Waals surface area contributed by atoms with Crippen LogP contribution in [0.1, 0.15) is 30.5 Å².